The molecule has 0 saturated heterocycles. The van der Waals surface area contributed by atoms with E-state index in [-0.39, 0.29) is 5.95 Å². The van der Waals surface area contributed by atoms with E-state index in [1.54, 1.807) is 0 Å². The van der Waals surface area contributed by atoms with Gasteiger partial charge in [0, 0.05) is 16.8 Å². The predicted molar refractivity (Wildman–Crippen MR) is 107 cm³/mol. The van der Waals surface area contributed by atoms with Gasteiger partial charge in [-0.3, -0.25) is 0 Å². The summed E-state index contributed by atoms with van der Waals surface area (Å²) in [6.45, 7) is 0. The van der Waals surface area contributed by atoms with Crippen molar-refractivity contribution >= 4 is 11.6 Å². The number of aromatic nitrogens is 2. The Hall–Kier alpha value is -3.66. The van der Waals surface area contributed by atoms with Crippen molar-refractivity contribution < 1.29 is 0 Å². The maximum absolute atomic E-state index is 6.01. The predicted octanol–water partition coefficient (Wildman–Crippen LogP) is 4.64. The highest BCUT2D eigenvalue weighted by molar-refractivity contribution is 5.83. The maximum Gasteiger partial charge on any atom is 0.221 e. The largest absolute Gasteiger partial charge is 0.399 e. The van der Waals surface area contributed by atoms with Crippen LogP contribution in [-0.4, -0.2) is 9.97 Å². The fraction of sp³-hybridized carbons (Fsp3) is 0. The van der Waals surface area contributed by atoms with Crippen LogP contribution in [-0.2, 0) is 0 Å². The van der Waals surface area contributed by atoms with Gasteiger partial charge in [-0.25, -0.2) is 9.97 Å². The zero-order valence-electron chi connectivity index (χ0n) is 14.1. The number of hydrogen-bond donors (Lipinski definition) is 2. The van der Waals surface area contributed by atoms with Crippen LogP contribution in [0.15, 0.2) is 84.9 Å². The zero-order chi connectivity index (χ0) is 17.9. The lowest BCUT2D eigenvalue weighted by atomic mass is 9.97. The third kappa shape index (κ3) is 3.13. The molecule has 1 heterocycles. The lowest BCUT2D eigenvalue weighted by Crippen LogP contribution is -1.99. The van der Waals surface area contributed by atoms with Gasteiger partial charge in [0.1, 0.15) is 0 Å². The van der Waals surface area contributed by atoms with Gasteiger partial charge in [0.05, 0.1) is 11.4 Å². The van der Waals surface area contributed by atoms with Crippen molar-refractivity contribution in [1.29, 1.82) is 0 Å². The molecule has 0 saturated carbocycles. The second-order valence-corrected chi connectivity index (χ2v) is 6.03. The number of nitrogens with two attached hydrogens (primary N) is 2. The molecule has 3 aromatic carbocycles. The van der Waals surface area contributed by atoms with Crippen molar-refractivity contribution in [3.8, 4) is 33.6 Å². The fourth-order valence-electron chi connectivity index (χ4n) is 3.03. The fourth-order valence-corrected chi connectivity index (χ4v) is 3.03. The molecule has 0 radical (unpaired) electrons. The molecule has 0 fully saturated rings. The maximum atomic E-state index is 6.01. The second kappa shape index (κ2) is 6.69. The highest BCUT2D eigenvalue weighted by Gasteiger charge is 2.11. The lowest BCUT2D eigenvalue weighted by molar-refractivity contribution is 1.19. The van der Waals surface area contributed by atoms with Gasteiger partial charge >= 0.3 is 0 Å². The van der Waals surface area contributed by atoms with Crippen LogP contribution in [0, 0.1) is 0 Å². The van der Waals surface area contributed by atoms with Crippen molar-refractivity contribution in [2.24, 2.45) is 0 Å². The Balaban J connectivity index is 1.88. The Morgan fingerprint density at radius 3 is 1.96 bits per heavy atom. The Labute approximate surface area is 152 Å². The van der Waals surface area contributed by atoms with E-state index in [4.69, 9.17) is 11.5 Å². The summed E-state index contributed by atoms with van der Waals surface area (Å²) in [4.78, 5) is 8.86. The first-order chi connectivity index (χ1) is 12.7. The number of anilines is 2. The molecule has 4 nitrogen and oxygen atoms in total. The van der Waals surface area contributed by atoms with Gasteiger partial charge in [-0.15, -0.1) is 0 Å². The molecular formula is C22H18N4. The van der Waals surface area contributed by atoms with Crippen LogP contribution in [0.5, 0.6) is 0 Å². The number of hydrogen-bond acceptors (Lipinski definition) is 4. The number of nitrogens with zero attached hydrogens (tertiary/aromatic N) is 2. The summed E-state index contributed by atoms with van der Waals surface area (Å²) in [7, 11) is 0. The van der Waals surface area contributed by atoms with E-state index in [0.29, 0.717) is 5.69 Å². The van der Waals surface area contributed by atoms with Crippen LogP contribution < -0.4 is 11.5 Å². The third-order valence-corrected chi connectivity index (χ3v) is 4.21. The van der Waals surface area contributed by atoms with Crippen molar-refractivity contribution in [3.05, 3.63) is 84.9 Å². The minimum absolute atomic E-state index is 0.239. The molecule has 4 heteroatoms. The standard InChI is InChI=1S/C22H18N4/c23-17-10-6-9-16(13-17)20-14-21(26-22(24)25-20)19-12-5-4-11-18(19)15-7-2-1-3-8-15/h1-14H,23H2,(H2,24,25,26). The van der Waals surface area contributed by atoms with E-state index in [1.807, 2.05) is 66.7 Å². The summed E-state index contributed by atoms with van der Waals surface area (Å²) in [6.07, 6.45) is 0. The van der Waals surface area contributed by atoms with Gasteiger partial charge in [-0.05, 0) is 29.3 Å². The minimum atomic E-state index is 0.239. The number of benzene rings is 3. The molecule has 0 spiro atoms. The Kier molecular flexibility index (Phi) is 4.07. The van der Waals surface area contributed by atoms with Crippen molar-refractivity contribution in [2.45, 2.75) is 0 Å². The average molecular weight is 338 g/mol. The van der Waals surface area contributed by atoms with Crippen LogP contribution in [0.1, 0.15) is 0 Å². The van der Waals surface area contributed by atoms with Gasteiger partial charge < -0.3 is 11.5 Å². The Bertz CT molecular complexity index is 1060. The van der Waals surface area contributed by atoms with Crippen LogP contribution in [0.25, 0.3) is 33.6 Å². The molecule has 26 heavy (non-hydrogen) atoms. The van der Waals surface area contributed by atoms with E-state index >= 15 is 0 Å². The summed E-state index contributed by atoms with van der Waals surface area (Å²) in [5.41, 5.74) is 18.3. The average Bonchev–Trinajstić information content (AvgIpc) is 2.68. The van der Waals surface area contributed by atoms with E-state index in [1.165, 1.54) is 0 Å². The normalized spacial score (nSPS) is 10.6. The molecule has 4 N–H and O–H groups in total. The highest BCUT2D eigenvalue weighted by atomic mass is 15.0. The number of nitrogen functional groups attached to an aromatic ring is 2. The van der Waals surface area contributed by atoms with Crippen molar-refractivity contribution in [2.75, 3.05) is 11.5 Å². The topological polar surface area (TPSA) is 77.8 Å². The first-order valence-electron chi connectivity index (χ1n) is 8.36. The first-order valence-corrected chi connectivity index (χ1v) is 8.36. The molecule has 0 aliphatic rings. The summed E-state index contributed by atoms with van der Waals surface area (Å²) in [5, 5.41) is 0. The molecule has 0 aliphatic heterocycles. The lowest BCUT2D eigenvalue weighted by Gasteiger charge is -2.11. The molecule has 0 unspecified atom stereocenters. The second-order valence-electron chi connectivity index (χ2n) is 6.03. The van der Waals surface area contributed by atoms with Gasteiger partial charge in [-0.1, -0.05) is 66.7 Å². The van der Waals surface area contributed by atoms with Gasteiger partial charge in [0.2, 0.25) is 5.95 Å². The molecule has 4 aromatic rings. The molecule has 0 bridgehead atoms. The van der Waals surface area contributed by atoms with Crippen molar-refractivity contribution in [1.82, 2.24) is 9.97 Å². The quantitative estimate of drug-likeness (QED) is 0.533. The smallest absolute Gasteiger partial charge is 0.221 e. The molecule has 4 rings (SSSR count). The van der Waals surface area contributed by atoms with E-state index in [0.717, 1.165) is 33.6 Å². The van der Waals surface area contributed by atoms with E-state index < -0.39 is 0 Å². The van der Waals surface area contributed by atoms with Crippen LogP contribution >= 0.6 is 0 Å². The summed E-state index contributed by atoms with van der Waals surface area (Å²) < 4.78 is 0. The zero-order valence-corrected chi connectivity index (χ0v) is 14.1. The van der Waals surface area contributed by atoms with Crippen molar-refractivity contribution in [3.63, 3.8) is 0 Å². The van der Waals surface area contributed by atoms with Gasteiger partial charge in [0.15, 0.2) is 0 Å². The SMILES string of the molecule is Nc1cccc(-c2cc(-c3ccccc3-c3ccccc3)nc(N)n2)c1. The number of rotatable bonds is 3. The Morgan fingerprint density at radius 2 is 1.19 bits per heavy atom. The monoisotopic (exact) mass is 338 g/mol. The first kappa shape index (κ1) is 15.8. The van der Waals surface area contributed by atoms with Gasteiger partial charge in [0.25, 0.3) is 0 Å². The molecule has 0 amide bonds. The van der Waals surface area contributed by atoms with E-state index in [9.17, 15) is 0 Å². The molecular weight excluding hydrogens is 320 g/mol. The van der Waals surface area contributed by atoms with Gasteiger partial charge in [-0.2, -0.15) is 0 Å². The molecule has 1 aromatic heterocycles. The highest BCUT2D eigenvalue weighted by Crippen LogP contribution is 2.33. The summed E-state index contributed by atoms with van der Waals surface area (Å²) >= 11 is 0. The van der Waals surface area contributed by atoms with Crippen LogP contribution in [0.2, 0.25) is 0 Å². The molecule has 0 aliphatic carbocycles. The van der Waals surface area contributed by atoms with Crippen LogP contribution in [0.4, 0.5) is 11.6 Å². The third-order valence-electron chi connectivity index (χ3n) is 4.21. The molecule has 0 atom stereocenters. The minimum Gasteiger partial charge on any atom is -0.399 e. The Morgan fingerprint density at radius 1 is 0.538 bits per heavy atom. The summed E-state index contributed by atoms with van der Waals surface area (Å²) in [6, 6.07) is 27.9. The molecule has 126 valence electrons. The van der Waals surface area contributed by atoms with Crippen LogP contribution in [0.3, 0.4) is 0 Å². The summed E-state index contributed by atoms with van der Waals surface area (Å²) in [5.74, 6) is 0.239. The van der Waals surface area contributed by atoms with E-state index in [2.05, 4.69) is 28.2 Å².